The van der Waals surface area contributed by atoms with E-state index in [2.05, 4.69) is 15.4 Å². The molecule has 2 aromatic heterocycles. The first-order valence-electron chi connectivity index (χ1n) is 9.96. The molecule has 7 nitrogen and oxygen atoms in total. The van der Waals surface area contributed by atoms with Gasteiger partial charge in [0, 0.05) is 6.04 Å². The highest BCUT2D eigenvalue weighted by atomic mass is 16.1. The van der Waals surface area contributed by atoms with Crippen LogP contribution in [0.1, 0.15) is 41.8 Å². The minimum Gasteiger partial charge on any atom is -0.383 e. The summed E-state index contributed by atoms with van der Waals surface area (Å²) in [5.74, 6) is -0.0646. The number of hydrogen-bond acceptors (Lipinski definition) is 5. The summed E-state index contributed by atoms with van der Waals surface area (Å²) in [5.41, 5.74) is 11.1. The second-order valence-electron chi connectivity index (χ2n) is 7.39. The summed E-state index contributed by atoms with van der Waals surface area (Å²) in [5, 5.41) is 7.50. The standard InChI is InChI=1S/C23H24N6O/c1-4-15(3)26-23(30)19-20-22(28-18-8-6-5-7-17(18)27-20)29(21(19)24)25-13-16-11-9-14(2)10-12-16/h5-13,15H,4,24H2,1-3H3,(H,26,30)/b25-13+. The van der Waals surface area contributed by atoms with Crippen molar-refractivity contribution < 1.29 is 4.79 Å². The van der Waals surface area contributed by atoms with Crippen molar-refractivity contribution in [3.8, 4) is 0 Å². The van der Waals surface area contributed by atoms with Crippen molar-refractivity contribution in [2.45, 2.75) is 33.2 Å². The third kappa shape index (κ3) is 3.61. The summed E-state index contributed by atoms with van der Waals surface area (Å²) in [7, 11) is 0. The van der Waals surface area contributed by atoms with Gasteiger partial charge in [-0.25, -0.2) is 9.97 Å². The maximum Gasteiger partial charge on any atom is 0.257 e. The largest absolute Gasteiger partial charge is 0.383 e. The molecule has 4 rings (SSSR count). The van der Waals surface area contributed by atoms with Gasteiger partial charge in [-0.05, 0) is 38.0 Å². The number of aromatic nitrogens is 3. The van der Waals surface area contributed by atoms with Gasteiger partial charge in [-0.2, -0.15) is 9.78 Å². The zero-order valence-corrected chi connectivity index (χ0v) is 17.3. The summed E-state index contributed by atoms with van der Waals surface area (Å²) in [6.07, 6.45) is 2.51. The number of nitrogen functional groups attached to an aromatic ring is 1. The number of nitrogens with one attached hydrogen (secondary N) is 1. The topological polar surface area (TPSA) is 98.2 Å². The van der Waals surface area contributed by atoms with Crippen molar-refractivity contribution in [2.24, 2.45) is 5.10 Å². The van der Waals surface area contributed by atoms with Gasteiger partial charge in [0.2, 0.25) is 0 Å². The summed E-state index contributed by atoms with van der Waals surface area (Å²) in [6.45, 7) is 5.99. The van der Waals surface area contributed by atoms with Gasteiger partial charge in [0.05, 0.1) is 17.2 Å². The second-order valence-corrected chi connectivity index (χ2v) is 7.39. The Hall–Kier alpha value is -3.74. The van der Waals surface area contributed by atoms with Gasteiger partial charge in [0.25, 0.3) is 5.91 Å². The summed E-state index contributed by atoms with van der Waals surface area (Å²) in [4.78, 5) is 22.4. The van der Waals surface area contributed by atoms with E-state index in [0.717, 1.165) is 12.0 Å². The second kappa shape index (κ2) is 7.94. The normalized spacial score (nSPS) is 12.6. The molecular weight excluding hydrogens is 376 g/mol. The Morgan fingerprint density at radius 3 is 2.50 bits per heavy atom. The maximum absolute atomic E-state index is 13.0. The van der Waals surface area contributed by atoms with Crippen LogP contribution in [0.25, 0.3) is 22.2 Å². The number of hydrogen-bond donors (Lipinski definition) is 2. The first-order valence-corrected chi connectivity index (χ1v) is 9.96. The average Bonchev–Trinajstić information content (AvgIpc) is 3.01. The molecule has 4 aromatic rings. The molecule has 0 aliphatic rings. The van der Waals surface area contributed by atoms with Gasteiger partial charge in [0.15, 0.2) is 5.65 Å². The first kappa shape index (κ1) is 19.6. The van der Waals surface area contributed by atoms with Gasteiger partial charge >= 0.3 is 0 Å². The van der Waals surface area contributed by atoms with Gasteiger partial charge in [-0.15, -0.1) is 0 Å². The Labute approximate surface area is 174 Å². The number of anilines is 1. The number of amides is 1. The minimum absolute atomic E-state index is 0.0137. The molecule has 0 radical (unpaired) electrons. The van der Waals surface area contributed by atoms with Crippen molar-refractivity contribution in [1.29, 1.82) is 0 Å². The summed E-state index contributed by atoms with van der Waals surface area (Å²) < 4.78 is 1.49. The molecule has 1 unspecified atom stereocenters. The van der Waals surface area contributed by atoms with Crippen LogP contribution in [0, 0.1) is 6.92 Å². The summed E-state index contributed by atoms with van der Waals surface area (Å²) in [6, 6.07) is 15.5. The Morgan fingerprint density at radius 2 is 1.83 bits per heavy atom. The fraction of sp³-hybridized carbons (Fsp3) is 0.217. The van der Waals surface area contributed by atoms with Gasteiger partial charge in [0.1, 0.15) is 16.9 Å². The number of nitrogens with two attached hydrogens (primary N) is 1. The maximum atomic E-state index is 13.0. The lowest BCUT2D eigenvalue weighted by Gasteiger charge is -2.11. The van der Waals surface area contributed by atoms with Crippen LogP contribution >= 0.6 is 0 Å². The van der Waals surface area contributed by atoms with Gasteiger partial charge in [-0.3, -0.25) is 4.79 Å². The van der Waals surface area contributed by atoms with E-state index in [-0.39, 0.29) is 17.8 Å². The molecule has 0 saturated carbocycles. The zero-order valence-electron chi connectivity index (χ0n) is 17.3. The molecule has 0 fully saturated rings. The van der Waals surface area contributed by atoms with Crippen LogP contribution in [-0.4, -0.2) is 32.8 Å². The predicted octanol–water partition coefficient (Wildman–Crippen LogP) is 3.89. The molecule has 0 saturated heterocycles. The molecule has 0 spiro atoms. The lowest BCUT2D eigenvalue weighted by Crippen LogP contribution is -2.32. The fourth-order valence-electron chi connectivity index (χ4n) is 3.16. The molecular formula is C23H24N6O. The molecule has 2 heterocycles. The quantitative estimate of drug-likeness (QED) is 0.497. The van der Waals surface area contributed by atoms with E-state index >= 15 is 0 Å². The van der Waals surface area contributed by atoms with E-state index in [1.807, 2.05) is 69.3 Å². The van der Waals surface area contributed by atoms with Crippen molar-refractivity contribution in [1.82, 2.24) is 20.0 Å². The number of rotatable bonds is 5. The van der Waals surface area contributed by atoms with Crippen LogP contribution in [0.5, 0.6) is 0 Å². The Kier molecular flexibility index (Phi) is 5.18. The number of nitrogens with zero attached hydrogens (tertiary/aromatic N) is 4. The van der Waals surface area contributed by atoms with E-state index < -0.39 is 0 Å². The number of fused-ring (bicyclic) bond motifs is 2. The number of aryl methyl sites for hydroxylation is 1. The third-order valence-corrected chi connectivity index (χ3v) is 5.09. The Balaban J connectivity index is 1.89. The molecule has 152 valence electrons. The lowest BCUT2D eigenvalue weighted by molar-refractivity contribution is 0.0941. The van der Waals surface area contributed by atoms with Crippen LogP contribution in [0.2, 0.25) is 0 Å². The number of para-hydroxylation sites is 2. The smallest absolute Gasteiger partial charge is 0.257 e. The van der Waals surface area contributed by atoms with Crippen LogP contribution in [-0.2, 0) is 0 Å². The van der Waals surface area contributed by atoms with Crippen LogP contribution in [0.15, 0.2) is 53.6 Å². The monoisotopic (exact) mass is 400 g/mol. The highest BCUT2D eigenvalue weighted by molar-refractivity contribution is 6.10. The average molecular weight is 400 g/mol. The number of benzene rings is 2. The van der Waals surface area contributed by atoms with Crippen molar-refractivity contribution in [3.05, 3.63) is 65.2 Å². The van der Waals surface area contributed by atoms with Crippen LogP contribution in [0.3, 0.4) is 0 Å². The fourth-order valence-corrected chi connectivity index (χ4v) is 3.16. The molecule has 2 aromatic carbocycles. The number of carbonyl (C=O) groups excluding carboxylic acids is 1. The van der Waals surface area contributed by atoms with Gasteiger partial charge < -0.3 is 11.1 Å². The third-order valence-electron chi connectivity index (χ3n) is 5.09. The van der Waals surface area contributed by atoms with E-state index in [4.69, 9.17) is 10.7 Å². The minimum atomic E-state index is -0.277. The number of carbonyl (C=O) groups is 1. The van der Waals surface area contributed by atoms with Crippen molar-refractivity contribution >= 4 is 40.1 Å². The van der Waals surface area contributed by atoms with Crippen molar-refractivity contribution in [2.75, 3.05) is 5.73 Å². The molecule has 0 bridgehead atoms. The molecule has 30 heavy (non-hydrogen) atoms. The van der Waals surface area contributed by atoms with Crippen LogP contribution in [0.4, 0.5) is 5.82 Å². The van der Waals surface area contributed by atoms with Gasteiger partial charge in [-0.1, -0.05) is 48.9 Å². The highest BCUT2D eigenvalue weighted by Gasteiger charge is 2.24. The van der Waals surface area contributed by atoms with E-state index in [1.54, 1.807) is 6.21 Å². The van der Waals surface area contributed by atoms with E-state index in [9.17, 15) is 4.79 Å². The zero-order chi connectivity index (χ0) is 21.3. The highest BCUT2D eigenvalue weighted by Crippen LogP contribution is 2.28. The molecule has 3 N–H and O–H groups in total. The van der Waals surface area contributed by atoms with E-state index in [1.165, 1.54) is 10.2 Å². The molecule has 0 aliphatic carbocycles. The SMILES string of the molecule is CCC(C)NC(=O)c1c(N)n(/N=C/c2ccc(C)cc2)c2nc3ccccc3nc12. The predicted molar refractivity (Wildman–Crippen MR) is 121 cm³/mol. The van der Waals surface area contributed by atoms with Crippen molar-refractivity contribution in [3.63, 3.8) is 0 Å². The molecule has 1 amide bonds. The van der Waals surface area contributed by atoms with E-state index in [0.29, 0.717) is 27.8 Å². The Bertz CT molecular complexity index is 1260. The first-order chi connectivity index (χ1) is 14.5. The summed E-state index contributed by atoms with van der Waals surface area (Å²) >= 11 is 0. The molecule has 7 heteroatoms. The molecule has 1 atom stereocenters. The molecule has 0 aliphatic heterocycles. The Morgan fingerprint density at radius 1 is 1.17 bits per heavy atom. The lowest BCUT2D eigenvalue weighted by atomic mass is 10.2. The van der Waals surface area contributed by atoms with Crippen LogP contribution < -0.4 is 11.1 Å².